The van der Waals surface area contributed by atoms with Gasteiger partial charge >= 0.3 is 0 Å². The maximum Gasteiger partial charge on any atom is 0.257 e. The van der Waals surface area contributed by atoms with Gasteiger partial charge in [0.25, 0.3) is 5.91 Å². The van der Waals surface area contributed by atoms with Crippen molar-refractivity contribution >= 4 is 11.8 Å². The number of carbonyl (C=O) groups excluding carboxylic acids is 2. The number of carbonyl (C=O) groups is 2. The summed E-state index contributed by atoms with van der Waals surface area (Å²) in [4.78, 5) is 27.4. The molecule has 1 aliphatic rings. The number of aromatic nitrogens is 2. The van der Waals surface area contributed by atoms with E-state index in [-0.39, 0.29) is 11.8 Å². The van der Waals surface area contributed by atoms with Crippen molar-refractivity contribution in [2.75, 3.05) is 26.2 Å². The molecule has 0 aliphatic carbocycles. The highest BCUT2D eigenvalue weighted by Gasteiger charge is 2.24. The predicted octanol–water partition coefficient (Wildman–Crippen LogP) is 1.24. The number of benzene rings is 1. The second-order valence-corrected chi connectivity index (χ2v) is 5.71. The van der Waals surface area contributed by atoms with Gasteiger partial charge < -0.3 is 9.80 Å². The van der Waals surface area contributed by atoms with E-state index in [9.17, 15) is 9.59 Å². The van der Waals surface area contributed by atoms with E-state index in [1.807, 2.05) is 30.3 Å². The molecular formula is C17H20N4O2. The van der Waals surface area contributed by atoms with Crippen LogP contribution in [0.15, 0.2) is 42.7 Å². The van der Waals surface area contributed by atoms with E-state index in [1.54, 1.807) is 33.8 Å². The van der Waals surface area contributed by atoms with Crippen LogP contribution in [0, 0.1) is 0 Å². The second-order valence-electron chi connectivity index (χ2n) is 5.71. The monoisotopic (exact) mass is 312 g/mol. The van der Waals surface area contributed by atoms with Crippen LogP contribution >= 0.6 is 0 Å². The molecule has 1 aliphatic heterocycles. The molecule has 0 saturated carbocycles. The molecule has 0 spiro atoms. The maximum absolute atomic E-state index is 12.5. The minimum atomic E-state index is -0.0208. The Morgan fingerprint density at radius 1 is 1.04 bits per heavy atom. The number of piperazine rings is 1. The smallest absolute Gasteiger partial charge is 0.257 e. The number of nitrogens with zero attached hydrogens (tertiary/aromatic N) is 4. The van der Waals surface area contributed by atoms with E-state index < -0.39 is 0 Å². The molecule has 6 heteroatoms. The van der Waals surface area contributed by atoms with E-state index in [2.05, 4.69) is 5.10 Å². The van der Waals surface area contributed by atoms with Crippen molar-refractivity contribution in [2.45, 2.75) is 13.5 Å². The summed E-state index contributed by atoms with van der Waals surface area (Å²) in [6.45, 7) is 4.54. The van der Waals surface area contributed by atoms with E-state index in [1.165, 1.54) is 0 Å². The minimum absolute atomic E-state index is 0.0208. The lowest BCUT2D eigenvalue weighted by molar-refractivity contribution is -0.130. The van der Waals surface area contributed by atoms with Gasteiger partial charge in [-0.3, -0.25) is 14.3 Å². The van der Waals surface area contributed by atoms with Gasteiger partial charge in [-0.15, -0.1) is 0 Å². The molecule has 3 rings (SSSR count). The van der Waals surface area contributed by atoms with Crippen molar-refractivity contribution in [3.05, 3.63) is 53.9 Å². The van der Waals surface area contributed by atoms with Crippen molar-refractivity contribution in [3.63, 3.8) is 0 Å². The van der Waals surface area contributed by atoms with Crippen LogP contribution in [0.2, 0.25) is 0 Å². The van der Waals surface area contributed by atoms with Gasteiger partial charge in [-0.05, 0) is 5.56 Å². The Bertz CT molecular complexity index is 688. The molecule has 0 atom stereocenters. The highest BCUT2D eigenvalue weighted by atomic mass is 16.2. The summed E-state index contributed by atoms with van der Waals surface area (Å²) in [6.07, 6.45) is 3.40. The summed E-state index contributed by atoms with van der Waals surface area (Å²) in [5, 5.41) is 4.28. The zero-order valence-corrected chi connectivity index (χ0v) is 13.2. The van der Waals surface area contributed by atoms with Crippen LogP contribution < -0.4 is 0 Å². The van der Waals surface area contributed by atoms with Gasteiger partial charge in [-0.25, -0.2) is 0 Å². The van der Waals surface area contributed by atoms with Crippen molar-refractivity contribution in [1.29, 1.82) is 0 Å². The molecule has 0 unspecified atom stereocenters. The molecule has 23 heavy (non-hydrogen) atoms. The highest BCUT2D eigenvalue weighted by molar-refractivity contribution is 5.93. The van der Waals surface area contributed by atoms with Crippen LogP contribution in [0.4, 0.5) is 0 Å². The molecule has 6 nitrogen and oxygen atoms in total. The third-order valence-corrected chi connectivity index (χ3v) is 4.08. The highest BCUT2D eigenvalue weighted by Crippen LogP contribution is 2.10. The summed E-state index contributed by atoms with van der Waals surface area (Å²) in [7, 11) is 0. The quantitative estimate of drug-likeness (QED) is 0.857. The lowest BCUT2D eigenvalue weighted by atomic mass is 10.2. The normalized spacial score (nSPS) is 14.8. The number of amides is 2. The molecule has 2 amide bonds. The molecule has 1 aromatic carbocycles. The maximum atomic E-state index is 12.5. The summed E-state index contributed by atoms with van der Waals surface area (Å²) < 4.78 is 1.77. The average Bonchev–Trinajstić information content (AvgIpc) is 3.03. The van der Waals surface area contributed by atoms with E-state index in [4.69, 9.17) is 0 Å². The summed E-state index contributed by atoms with van der Waals surface area (Å²) in [5.74, 6) is 0.0419. The third-order valence-electron chi connectivity index (χ3n) is 4.08. The van der Waals surface area contributed by atoms with Crippen molar-refractivity contribution < 1.29 is 9.59 Å². The SMILES string of the molecule is CC(=O)N1CCN(C(=O)c2cnn(Cc3ccccc3)c2)CC1. The summed E-state index contributed by atoms with van der Waals surface area (Å²) in [5.41, 5.74) is 1.74. The van der Waals surface area contributed by atoms with Gasteiger partial charge in [-0.2, -0.15) is 5.10 Å². The zero-order chi connectivity index (χ0) is 16.2. The van der Waals surface area contributed by atoms with Gasteiger partial charge in [0, 0.05) is 39.3 Å². The Labute approximate surface area is 135 Å². The Morgan fingerprint density at radius 2 is 1.70 bits per heavy atom. The fourth-order valence-electron chi connectivity index (χ4n) is 2.74. The number of rotatable bonds is 3. The first kappa shape index (κ1) is 15.3. The fraction of sp³-hybridized carbons (Fsp3) is 0.353. The number of hydrogen-bond acceptors (Lipinski definition) is 3. The van der Waals surface area contributed by atoms with Gasteiger partial charge in [0.15, 0.2) is 0 Å². The summed E-state index contributed by atoms with van der Waals surface area (Å²) >= 11 is 0. The van der Waals surface area contributed by atoms with Gasteiger partial charge in [-0.1, -0.05) is 30.3 Å². The van der Waals surface area contributed by atoms with Crippen LogP contribution in [0.3, 0.4) is 0 Å². The van der Waals surface area contributed by atoms with Crippen molar-refractivity contribution in [2.24, 2.45) is 0 Å². The van der Waals surface area contributed by atoms with E-state index in [0.717, 1.165) is 5.56 Å². The first-order valence-corrected chi connectivity index (χ1v) is 7.74. The largest absolute Gasteiger partial charge is 0.339 e. The summed E-state index contributed by atoms with van der Waals surface area (Å²) in [6, 6.07) is 10.0. The van der Waals surface area contributed by atoms with Gasteiger partial charge in [0.1, 0.15) is 0 Å². The van der Waals surface area contributed by atoms with Crippen LogP contribution in [-0.4, -0.2) is 57.6 Å². The molecule has 1 fully saturated rings. The molecule has 2 aromatic rings. The van der Waals surface area contributed by atoms with Gasteiger partial charge in [0.05, 0.1) is 18.3 Å². The predicted molar refractivity (Wildman–Crippen MR) is 85.9 cm³/mol. The molecule has 0 radical (unpaired) electrons. The Kier molecular flexibility index (Phi) is 4.41. The molecule has 2 heterocycles. The first-order chi connectivity index (χ1) is 11.1. The van der Waals surface area contributed by atoms with Crippen LogP contribution in [0.5, 0.6) is 0 Å². The van der Waals surface area contributed by atoms with Crippen molar-refractivity contribution in [3.8, 4) is 0 Å². The molecule has 0 N–H and O–H groups in total. The molecular weight excluding hydrogens is 292 g/mol. The Balaban J connectivity index is 1.62. The molecule has 0 bridgehead atoms. The van der Waals surface area contributed by atoms with Crippen LogP contribution in [0.25, 0.3) is 0 Å². The first-order valence-electron chi connectivity index (χ1n) is 7.74. The number of hydrogen-bond donors (Lipinski definition) is 0. The van der Waals surface area contributed by atoms with Crippen LogP contribution in [-0.2, 0) is 11.3 Å². The third kappa shape index (κ3) is 3.59. The standard InChI is InChI=1S/C17H20N4O2/c1-14(22)19-7-9-20(10-8-19)17(23)16-11-18-21(13-16)12-15-5-3-2-4-6-15/h2-6,11,13H,7-10,12H2,1H3. The van der Waals surface area contributed by atoms with E-state index >= 15 is 0 Å². The Morgan fingerprint density at radius 3 is 2.35 bits per heavy atom. The zero-order valence-electron chi connectivity index (χ0n) is 13.2. The fourth-order valence-corrected chi connectivity index (χ4v) is 2.74. The average molecular weight is 312 g/mol. The Hall–Kier alpha value is -2.63. The minimum Gasteiger partial charge on any atom is -0.339 e. The lowest BCUT2D eigenvalue weighted by Crippen LogP contribution is -2.50. The second kappa shape index (κ2) is 6.64. The molecule has 1 aromatic heterocycles. The van der Waals surface area contributed by atoms with Crippen molar-refractivity contribution in [1.82, 2.24) is 19.6 Å². The molecule has 120 valence electrons. The molecule has 1 saturated heterocycles. The topological polar surface area (TPSA) is 58.4 Å². The van der Waals surface area contributed by atoms with Gasteiger partial charge in [0.2, 0.25) is 5.91 Å². The van der Waals surface area contributed by atoms with E-state index in [0.29, 0.717) is 38.3 Å². The lowest BCUT2D eigenvalue weighted by Gasteiger charge is -2.34. The van der Waals surface area contributed by atoms with Crippen LogP contribution in [0.1, 0.15) is 22.8 Å².